The number of hydrogen-bond donors (Lipinski definition) is 1. The lowest BCUT2D eigenvalue weighted by atomic mass is 10.0. The summed E-state index contributed by atoms with van der Waals surface area (Å²) in [5.41, 5.74) is 1.30. The van der Waals surface area contributed by atoms with E-state index in [-0.39, 0.29) is 11.8 Å². The highest BCUT2D eigenvalue weighted by Gasteiger charge is 2.28. The third kappa shape index (κ3) is 5.14. The molecule has 0 aliphatic heterocycles. The summed E-state index contributed by atoms with van der Waals surface area (Å²) < 4.78 is 10.7. The molecule has 1 N–H and O–H groups in total. The summed E-state index contributed by atoms with van der Waals surface area (Å²) >= 11 is 6.27. The Morgan fingerprint density at radius 3 is 2.60 bits per heavy atom. The number of carbonyl (C=O) groups is 1. The van der Waals surface area contributed by atoms with Crippen LogP contribution in [0.5, 0.6) is 5.75 Å². The van der Waals surface area contributed by atoms with Crippen molar-refractivity contribution >= 4 is 23.2 Å². The Labute approximate surface area is 180 Å². The number of methoxy groups -OCH3 is 1. The van der Waals surface area contributed by atoms with E-state index < -0.39 is 6.04 Å². The van der Waals surface area contributed by atoms with E-state index in [9.17, 15) is 4.79 Å². The van der Waals surface area contributed by atoms with E-state index in [0.717, 1.165) is 5.56 Å². The second kappa shape index (κ2) is 10.2. The van der Waals surface area contributed by atoms with Crippen LogP contribution in [0.15, 0.2) is 48.5 Å². The van der Waals surface area contributed by atoms with Crippen molar-refractivity contribution in [1.29, 1.82) is 0 Å². The van der Waals surface area contributed by atoms with Gasteiger partial charge in [0.05, 0.1) is 17.3 Å². The van der Waals surface area contributed by atoms with Crippen molar-refractivity contribution in [3.63, 3.8) is 0 Å². The first-order valence-electron chi connectivity index (χ1n) is 9.57. The average molecular weight is 430 g/mol. The highest BCUT2D eigenvalue weighted by molar-refractivity contribution is 6.32. The standard InChI is InChI=1S/C21H24ClN5O3/c1-14(2)18(27-25-20(24-26-27)15-8-5-4-6-9-15)21(28)23-17-11-7-10-16(22)19(17)30-13-12-29-3/h4-11,14,18H,12-13H2,1-3H3,(H,23,28). The zero-order chi connectivity index (χ0) is 21.5. The Balaban J connectivity index is 1.82. The predicted molar refractivity (Wildman–Crippen MR) is 115 cm³/mol. The maximum Gasteiger partial charge on any atom is 0.251 e. The number of anilines is 1. The Kier molecular flexibility index (Phi) is 7.37. The van der Waals surface area contributed by atoms with E-state index >= 15 is 0 Å². The van der Waals surface area contributed by atoms with Gasteiger partial charge in [-0.2, -0.15) is 4.80 Å². The fourth-order valence-corrected chi connectivity index (χ4v) is 3.14. The van der Waals surface area contributed by atoms with Gasteiger partial charge in [0, 0.05) is 12.7 Å². The number of aromatic nitrogens is 4. The van der Waals surface area contributed by atoms with Crippen molar-refractivity contribution in [2.75, 3.05) is 25.6 Å². The van der Waals surface area contributed by atoms with Crippen LogP contribution >= 0.6 is 11.6 Å². The van der Waals surface area contributed by atoms with Crippen molar-refractivity contribution in [2.45, 2.75) is 19.9 Å². The summed E-state index contributed by atoms with van der Waals surface area (Å²) in [6, 6.07) is 14.0. The third-order valence-electron chi connectivity index (χ3n) is 4.37. The first kappa shape index (κ1) is 21.7. The fourth-order valence-electron chi connectivity index (χ4n) is 2.91. The molecule has 30 heavy (non-hydrogen) atoms. The molecular formula is C21H24ClN5O3. The fraction of sp³-hybridized carbons (Fsp3) is 0.333. The molecule has 1 amide bonds. The summed E-state index contributed by atoms with van der Waals surface area (Å²) in [4.78, 5) is 14.5. The van der Waals surface area contributed by atoms with Crippen molar-refractivity contribution in [2.24, 2.45) is 5.92 Å². The summed E-state index contributed by atoms with van der Waals surface area (Å²) in [5.74, 6) is 0.477. The number of carbonyl (C=O) groups excluding carboxylic acids is 1. The minimum absolute atomic E-state index is 0.0835. The van der Waals surface area contributed by atoms with Gasteiger partial charge in [0.25, 0.3) is 5.91 Å². The Morgan fingerprint density at radius 2 is 1.90 bits per heavy atom. The van der Waals surface area contributed by atoms with Gasteiger partial charge < -0.3 is 14.8 Å². The van der Waals surface area contributed by atoms with Crippen molar-refractivity contribution in [3.8, 4) is 17.1 Å². The largest absolute Gasteiger partial charge is 0.487 e. The zero-order valence-electron chi connectivity index (χ0n) is 17.1. The Bertz CT molecular complexity index is 978. The first-order valence-corrected chi connectivity index (χ1v) is 9.95. The van der Waals surface area contributed by atoms with Crippen LogP contribution in [0.3, 0.4) is 0 Å². The molecule has 9 heteroatoms. The minimum atomic E-state index is -0.666. The number of hydrogen-bond acceptors (Lipinski definition) is 6. The van der Waals surface area contributed by atoms with Crippen LogP contribution in [0.1, 0.15) is 19.9 Å². The minimum Gasteiger partial charge on any atom is -0.487 e. The first-order chi connectivity index (χ1) is 14.5. The zero-order valence-corrected chi connectivity index (χ0v) is 17.8. The SMILES string of the molecule is COCCOc1c(Cl)cccc1NC(=O)C(C(C)C)n1nnc(-c2ccccc2)n1. The molecule has 0 aliphatic rings. The number of ether oxygens (including phenoxy) is 2. The summed E-state index contributed by atoms with van der Waals surface area (Å²) in [6.07, 6.45) is 0. The normalized spacial score (nSPS) is 12.0. The van der Waals surface area contributed by atoms with E-state index in [1.54, 1.807) is 25.3 Å². The maximum atomic E-state index is 13.1. The molecule has 1 aromatic heterocycles. The van der Waals surface area contributed by atoms with Crippen LogP contribution in [0.2, 0.25) is 5.02 Å². The van der Waals surface area contributed by atoms with E-state index in [2.05, 4.69) is 20.7 Å². The Morgan fingerprint density at radius 1 is 1.13 bits per heavy atom. The molecular weight excluding hydrogens is 406 g/mol. The number of rotatable bonds is 9. The average Bonchev–Trinajstić information content (AvgIpc) is 3.20. The van der Waals surface area contributed by atoms with Crippen LogP contribution in [-0.4, -0.2) is 46.4 Å². The molecule has 1 unspecified atom stereocenters. The molecule has 0 bridgehead atoms. The van der Waals surface area contributed by atoms with Gasteiger partial charge in [0.1, 0.15) is 6.61 Å². The molecule has 0 saturated carbocycles. The monoisotopic (exact) mass is 429 g/mol. The van der Waals surface area contributed by atoms with Crippen LogP contribution < -0.4 is 10.1 Å². The Hall–Kier alpha value is -2.97. The molecule has 0 saturated heterocycles. The smallest absolute Gasteiger partial charge is 0.251 e. The highest BCUT2D eigenvalue weighted by atomic mass is 35.5. The quantitative estimate of drug-likeness (QED) is 0.519. The number of tetrazole rings is 1. The molecule has 3 rings (SSSR count). The second-order valence-corrected chi connectivity index (χ2v) is 7.34. The van der Waals surface area contributed by atoms with E-state index in [1.807, 2.05) is 44.2 Å². The van der Waals surface area contributed by atoms with E-state index in [0.29, 0.717) is 35.5 Å². The van der Waals surface area contributed by atoms with Crippen LogP contribution in [0, 0.1) is 5.92 Å². The van der Waals surface area contributed by atoms with E-state index in [4.69, 9.17) is 21.1 Å². The lowest BCUT2D eigenvalue weighted by Crippen LogP contribution is -2.31. The molecule has 1 atom stereocenters. The van der Waals surface area contributed by atoms with Gasteiger partial charge >= 0.3 is 0 Å². The third-order valence-corrected chi connectivity index (χ3v) is 4.67. The predicted octanol–water partition coefficient (Wildman–Crippen LogP) is 3.85. The molecule has 0 fully saturated rings. The molecule has 0 radical (unpaired) electrons. The number of halogens is 1. The van der Waals surface area contributed by atoms with Crippen molar-refractivity contribution in [3.05, 3.63) is 53.6 Å². The van der Waals surface area contributed by atoms with Gasteiger partial charge in [0.15, 0.2) is 11.8 Å². The topological polar surface area (TPSA) is 91.2 Å². The van der Waals surface area contributed by atoms with Crippen molar-refractivity contribution < 1.29 is 14.3 Å². The number of para-hydroxylation sites is 1. The van der Waals surface area contributed by atoms with Crippen molar-refractivity contribution in [1.82, 2.24) is 20.2 Å². The second-order valence-electron chi connectivity index (χ2n) is 6.94. The van der Waals surface area contributed by atoms with Gasteiger partial charge in [-0.25, -0.2) is 0 Å². The van der Waals surface area contributed by atoms with Gasteiger partial charge in [-0.3, -0.25) is 4.79 Å². The molecule has 1 heterocycles. The molecule has 158 valence electrons. The highest BCUT2D eigenvalue weighted by Crippen LogP contribution is 2.34. The van der Waals surface area contributed by atoms with Crippen LogP contribution in [0.25, 0.3) is 11.4 Å². The van der Waals surface area contributed by atoms with Gasteiger partial charge in [-0.05, 0) is 23.3 Å². The van der Waals surface area contributed by atoms with Crippen LogP contribution in [-0.2, 0) is 9.53 Å². The van der Waals surface area contributed by atoms with Crippen LogP contribution in [0.4, 0.5) is 5.69 Å². The van der Waals surface area contributed by atoms with E-state index in [1.165, 1.54) is 4.80 Å². The maximum absolute atomic E-state index is 13.1. The molecule has 0 aliphatic carbocycles. The molecule has 0 spiro atoms. The lowest BCUT2D eigenvalue weighted by molar-refractivity contribution is -0.121. The molecule has 8 nitrogen and oxygen atoms in total. The van der Waals surface area contributed by atoms with Gasteiger partial charge in [-0.15, -0.1) is 10.2 Å². The number of nitrogens with zero attached hydrogens (tertiary/aromatic N) is 4. The summed E-state index contributed by atoms with van der Waals surface area (Å²) in [7, 11) is 1.58. The summed E-state index contributed by atoms with van der Waals surface area (Å²) in [6.45, 7) is 4.55. The number of nitrogens with one attached hydrogen (secondary N) is 1. The molecule has 3 aromatic rings. The lowest BCUT2D eigenvalue weighted by Gasteiger charge is -2.20. The van der Waals surface area contributed by atoms with Gasteiger partial charge in [0.2, 0.25) is 5.82 Å². The summed E-state index contributed by atoms with van der Waals surface area (Å²) in [5, 5.41) is 15.9. The number of amides is 1. The van der Waals surface area contributed by atoms with Gasteiger partial charge in [-0.1, -0.05) is 61.8 Å². The molecule has 2 aromatic carbocycles. The number of benzene rings is 2.